The van der Waals surface area contributed by atoms with Crippen LogP contribution < -0.4 is 10.6 Å². The van der Waals surface area contributed by atoms with Crippen LogP contribution in [0, 0.1) is 6.92 Å². The van der Waals surface area contributed by atoms with E-state index >= 15 is 0 Å². The molecule has 1 unspecified atom stereocenters. The predicted molar refractivity (Wildman–Crippen MR) is 101 cm³/mol. The lowest BCUT2D eigenvalue weighted by Crippen LogP contribution is -2.45. The van der Waals surface area contributed by atoms with Gasteiger partial charge in [-0.1, -0.05) is 6.07 Å². The SMILES string of the molecule is CN=C(NCc1ncccc1C)NC1CCc2cn(C(C)C)nc2C1. The quantitative estimate of drug-likeness (QED) is 0.662. The highest BCUT2D eigenvalue weighted by atomic mass is 15.3. The van der Waals surface area contributed by atoms with E-state index < -0.39 is 0 Å². The lowest BCUT2D eigenvalue weighted by atomic mass is 9.94. The molecule has 0 saturated carbocycles. The smallest absolute Gasteiger partial charge is 0.191 e. The molecule has 0 spiro atoms. The Morgan fingerprint density at radius 2 is 2.28 bits per heavy atom. The van der Waals surface area contributed by atoms with Gasteiger partial charge in [-0.3, -0.25) is 14.7 Å². The number of rotatable bonds is 4. The number of fused-ring (bicyclic) bond motifs is 1. The Morgan fingerprint density at radius 1 is 1.44 bits per heavy atom. The summed E-state index contributed by atoms with van der Waals surface area (Å²) in [5.74, 6) is 0.821. The number of hydrogen-bond donors (Lipinski definition) is 2. The zero-order chi connectivity index (χ0) is 17.8. The Hall–Kier alpha value is -2.37. The van der Waals surface area contributed by atoms with Gasteiger partial charge in [-0.25, -0.2) is 0 Å². The predicted octanol–water partition coefficient (Wildman–Crippen LogP) is 2.39. The van der Waals surface area contributed by atoms with Crippen molar-refractivity contribution < 1.29 is 0 Å². The highest BCUT2D eigenvalue weighted by molar-refractivity contribution is 5.80. The topological polar surface area (TPSA) is 67.1 Å². The van der Waals surface area contributed by atoms with Gasteiger partial charge in [-0.15, -0.1) is 0 Å². The van der Waals surface area contributed by atoms with Crippen molar-refractivity contribution in [2.24, 2.45) is 4.99 Å². The van der Waals surface area contributed by atoms with Crippen molar-refractivity contribution in [2.75, 3.05) is 7.05 Å². The van der Waals surface area contributed by atoms with Gasteiger partial charge in [0.05, 0.1) is 17.9 Å². The second-order valence-electron chi connectivity index (χ2n) is 6.95. The molecule has 1 aliphatic rings. The minimum atomic E-state index is 0.360. The van der Waals surface area contributed by atoms with Crippen molar-refractivity contribution in [2.45, 2.75) is 58.7 Å². The number of aliphatic imine (C=N–C) groups is 1. The van der Waals surface area contributed by atoms with Crippen molar-refractivity contribution in [3.8, 4) is 0 Å². The van der Waals surface area contributed by atoms with Crippen molar-refractivity contribution >= 4 is 5.96 Å². The van der Waals surface area contributed by atoms with E-state index in [1.807, 2.05) is 19.3 Å². The van der Waals surface area contributed by atoms with Crippen LogP contribution in [0.2, 0.25) is 0 Å². The summed E-state index contributed by atoms with van der Waals surface area (Å²) in [7, 11) is 1.81. The molecule has 0 bridgehead atoms. The summed E-state index contributed by atoms with van der Waals surface area (Å²) in [5, 5.41) is 11.7. The summed E-state index contributed by atoms with van der Waals surface area (Å²) >= 11 is 0. The molecule has 1 aliphatic carbocycles. The molecular weight excluding hydrogens is 312 g/mol. The van der Waals surface area contributed by atoms with Gasteiger partial charge in [0.25, 0.3) is 0 Å². The fourth-order valence-electron chi connectivity index (χ4n) is 3.16. The number of hydrogen-bond acceptors (Lipinski definition) is 3. The fraction of sp³-hybridized carbons (Fsp3) is 0.526. The van der Waals surface area contributed by atoms with Gasteiger partial charge in [0.15, 0.2) is 5.96 Å². The molecule has 2 N–H and O–H groups in total. The number of pyridine rings is 1. The molecule has 6 heteroatoms. The third kappa shape index (κ3) is 4.18. The summed E-state index contributed by atoms with van der Waals surface area (Å²) in [6.07, 6.45) is 7.13. The molecule has 0 aliphatic heterocycles. The normalized spacial score (nSPS) is 17.5. The van der Waals surface area contributed by atoms with Gasteiger partial charge in [0.2, 0.25) is 0 Å². The molecule has 0 radical (unpaired) electrons. The monoisotopic (exact) mass is 340 g/mol. The number of aryl methyl sites for hydroxylation is 2. The minimum Gasteiger partial charge on any atom is -0.353 e. The molecule has 2 aromatic rings. The van der Waals surface area contributed by atoms with E-state index in [0.717, 1.165) is 30.9 Å². The first kappa shape index (κ1) is 17.5. The lowest BCUT2D eigenvalue weighted by Gasteiger charge is -2.24. The van der Waals surface area contributed by atoms with E-state index in [2.05, 4.69) is 58.3 Å². The van der Waals surface area contributed by atoms with E-state index in [9.17, 15) is 0 Å². The molecule has 25 heavy (non-hydrogen) atoms. The summed E-state index contributed by atoms with van der Waals surface area (Å²) in [6.45, 7) is 7.08. The maximum Gasteiger partial charge on any atom is 0.191 e. The van der Waals surface area contributed by atoms with E-state index in [4.69, 9.17) is 5.10 Å². The van der Waals surface area contributed by atoms with Crippen molar-refractivity contribution in [3.05, 3.63) is 47.0 Å². The van der Waals surface area contributed by atoms with E-state index in [-0.39, 0.29) is 0 Å². The van der Waals surface area contributed by atoms with Crippen LogP contribution in [0.4, 0.5) is 0 Å². The average Bonchev–Trinajstić information content (AvgIpc) is 3.03. The second kappa shape index (κ2) is 7.68. The van der Waals surface area contributed by atoms with Gasteiger partial charge >= 0.3 is 0 Å². The number of guanidine groups is 1. The second-order valence-corrected chi connectivity index (χ2v) is 6.95. The van der Waals surface area contributed by atoms with Crippen LogP contribution in [0.1, 0.15) is 48.8 Å². The van der Waals surface area contributed by atoms with E-state index in [1.165, 1.54) is 16.8 Å². The first-order valence-electron chi connectivity index (χ1n) is 9.01. The van der Waals surface area contributed by atoms with Gasteiger partial charge in [-0.05, 0) is 50.8 Å². The van der Waals surface area contributed by atoms with E-state index in [1.54, 1.807) is 0 Å². The van der Waals surface area contributed by atoms with Crippen LogP contribution in [0.5, 0.6) is 0 Å². The van der Waals surface area contributed by atoms with Crippen molar-refractivity contribution in [3.63, 3.8) is 0 Å². The molecule has 0 amide bonds. The highest BCUT2D eigenvalue weighted by Crippen LogP contribution is 2.21. The first-order chi connectivity index (χ1) is 12.1. The molecule has 1 atom stereocenters. The van der Waals surface area contributed by atoms with E-state index in [0.29, 0.717) is 18.6 Å². The average molecular weight is 340 g/mol. The lowest BCUT2D eigenvalue weighted by molar-refractivity contribution is 0.499. The Kier molecular flexibility index (Phi) is 5.36. The molecule has 0 aromatic carbocycles. The molecule has 2 heterocycles. The summed E-state index contributed by atoms with van der Waals surface area (Å²) in [4.78, 5) is 8.78. The van der Waals surface area contributed by atoms with Crippen LogP contribution in [-0.4, -0.2) is 33.8 Å². The van der Waals surface area contributed by atoms with Crippen LogP contribution >= 0.6 is 0 Å². The fourth-order valence-corrected chi connectivity index (χ4v) is 3.16. The van der Waals surface area contributed by atoms with Crippen molar-refractivity contribution in [1.82, 2.24) is 25.4 Å². The van der Waals surface area contributed by atoms with Crippen LogP contribution in [0.25, 0.3) is 0 Å². The molecule has 3 rings (SSSR count). The Morgan fingerprint density at radius 3 is 3.00 bits per heavy atom. The maximum absolute atomic E-state index is 4.75. The van der Waals surface area contributed by atoms with Gasteiger partial charge < -0.3 is 10.6 Å². The zero-order valence-electron chi connectivity index (χ0n) is 15.6. The Balaban J connectivity index is 1.58. The molecular formula is C19H28N6. The van der Waals surface area contributed by atoms with Crippen molar-refractivity contribution in [1.29, 1.82) is 0 Å². The van der Waals surface area contributed by atoms with Gasteiger partial charge in [0, 0.05) is 37.9 Å². The van der Waals surface area contributed by atoms with Crippen LogP contribution in [0.15, 0.2) is 29.5 Å². The zero-order valence-corrected chi connectivity index (χ0v) is 15.6. The highest BCUT2D eigenvalue weighted by Gasteiger charge is 2.23. The van der Waals surface area contributed by atoms with Gasteiger partial charge in [0.1, 0.15) is 0 Å². The van der Waals surface area contributed by atoms with Crippen LogP contribution in [0.3, 0.4) is 0 Å². The maximum atomic E-state index is 4.75. The molecule has 0 saturated heterocycles. The number of nitrogens with one attached hydrogen (secondary N) is 2. The van der Waals surface area contributed by atoms with Crippen LogP contribution in [-0.2, 0) is 19.4 Å². The standard InChI is InChI=1S/C19H28N6/c1-13(2)25-12-15-7-8-16(10-17(15)24-25)23-19(20-4)22-11-18-14(3)6-5-9-21-18/h5-6,9,12-13,16H,7-8,10-11H2,1-4H3,(H2,20,22,23). The number of aromatic nitrogens is 3. The first-order valence-corrected chi connectivity index (χ1v) is 9.01. The Bertz CT molecular complexity index is 746. The Labute approximate surface area is 149 Å². The third-order valence-electron chi connectivity index (χ3n) is 4.73. The molecule has 134 valence electrons. The molecule has 0 fully saturated rings. The summed E-state index contributed by atoms with van der Waals surface area (Å²) in [6, 6.07) is 4.81. The summed E-state index contributed by atoms with van der Waals surface area (Å²) in [5.41, 5.74) is 4.84. The molecule has 6 nitrogen and oxygen atoms in total. The summed E-state index contributed by atoms with van der Waals surface area (Å²) < 4.78 is 2.07. The number of nitrogens with zero attached hydrogens (tertiary/aromatic N) is 4. The third-order valence-corrected chi connectivity index (χ3v) is 4.73. The molecule has 2 aromatic heterocycles. The van der Waals surface area contributed by atoms with Gasteiger partial charge in [-0.2, -0.15) is 5.10 Å². The minimum absolute atomic E-state index is 0.360. The largest absolute Gasteiger partial charge is 0.353 e.